The van der Waals surface area contributed by atoms with E-state index in [0.717, 1.165) is 17.1 Å². The number of aliphatic hydroxyl groups excluding tert-OH is 1. The molecule has 1 unspecified atom stereocenters. The lowest BCUT2D eigenvalue weighted by atomic mass is 10.2. The lowest BCUT2D eigenvalue weighted by Gasteiger charge is -2.09. The standard InChI is InChI=1S/C11H19NO3/c1-8-4-10(9(2)15-8)5-12-6-11(13)7-14-3/h4,11-13H,5-7H2,1-3H3. The molecule has 0 aliphatic heterocycles. The zero-order valence-electron chi connectivity index (χ0n) is 9.54. The van der Waals surface area contributed by atoms with E-state index in [2.05, 4.69) is 5.32 Å². The van der Waals surface area contributed by atoms with Gasteiger partial charge >= 0.3 is 0 Å². The van der Waals surface area contributed by atoms with E-state index in [0.29, 0.717) is 19.7 Å². The molecule has 4 heteroatoms. The van der Waals surface area contributed by atoms with E-state index in [9.17, 15) is 5.11 Å². The summed E-state index contributed by atoms with van der Waals surface area (Å²) in [4.78, 5) is 0. The van der Waals surface area contributed by atoms with Gasteiger partial charge in [-0.1, -0.05) is 0 Å². The molecule has 4 nitrogen and oxygen atoms in total. The number of rotatable bonds is 6. The highest BCUT2D eigenvalue weighted by Crippen LogP contribution is 2.12. The minimum atomic E-state index is -0.455. The summed E-state index contributed by atoms with van der Waals surface area (Å²) >= 11 is 0. The molecule has 1 rings (SSSR count). The molecule has 0 fully saturated rings. The first-order valence-corrected chi connectivity index (χ1v) is 5.07. The molecule has 1 aromatic rings. The highest BCUT2D eigenvalue weighted by Gasteiger charge is 2.06. The zero-order chi connectivity index (χ0) is 11.3. The average Bonchev–Trinajstić information content (AvgIpc) is 2.46. The summed E-state index contributed by atoms with van der Waals surface area (Å²) in [5.41, 5.74) is 1.14. The molecule has 1 atom stereocenters. The van der Waals surface area contributed by atoms with E-state index >= 15 is 0 Å². The van der Waals surface area contributed by atoms with E-state index in [1.54, 1.807) is 7.11 Å². The lowest BCUT2D eigenvalue weighted by Crippen LogP contribution is -2.29. The molecule has 86 valence electrons. The van der Waals surface area contributed by atoms with Gasteiger partial charge in [0, 0.05) is 25.8 Å². The quantitative estimate of drug-likeness (QED) is 0.740. The highest BCUT2D eigenvalue weighted by molar-refractivity contribution is 5.19. The Bertz CT molecular complexity index is 296. The van der Waals surface area contributed by atoms with Crippen molar-refractivity contribution in [1.29, 1.82) is 0 Å². The van der Waals surface area contributed by atoms with Crippen molar-refractivity contribution in [3.8, 4) is 0 Å². The van der Waals surface area contributed by atoms with Crippen LogP contribution in [0.25, 0.3) is 0 Å². The van der Waals surface area contributed by atoms with Crippen LogP contribution in [0.15, 0.2) is 10.5 Å². The molecule has 0 saturated heterocycles. The summed E-state index contributed by atoms with van der Waals surface area (Å²) < 4.78 is 10.2. The molecule has 0 aromatic carbocycles. The highest BCUT2D eigenvalue weighted by atomic mass is 16.5. The first-order valence-electron chi connectivity index (χ1n) is 5.07. The second kappa shape index (κ2) is 5.90. The predicted molar refractivity (Wildman–Crippen MR) is 57.8 cm³/mol. The normalized spacial score (nSPS) is 13.1. The van der Waals surface area contributed by atoms with Gasteiger partial charge in [0.05, 0.1) is 12.7 Å². The molecule has 0 amide bonds. The van der Waals surface area contributed by atoms with Crippen LogP contribution in [0.4, 0.5) is 0 Å². The summed E-state index contributed by atoms with van der Waals surface area (Å²) in [5.74, 6) is 1.85. The fourth-order valence-corrected chi connectivity index (χ4v) is 1.48. The van der Waals surface area contributed by atoms with Crippen LogP contribution >= 0.6 is 0 Å². The van der Waals surface area contributed by atoms with Crippen molar-refractivity contribution < 1.29 is 14.3 Å². The van der Waals surface area contributed by atoms with Crippen LogP contribution in [0.5, 0.6) is 0 Å². The van der Waals surface area contributed by atoms with Crippen molar-refractivity contribution in [1.82, 2.24) is 5.32 Å². The van der Waals surface area contributed by atoms with Gasteiger partial charge in [-0.15, -0.1) is 0 Å². The first-order chi connectivity index (χ1) is 7.13. The number of nitrogens with one attached hydrogen (secondary N) is 1. The summed E-state index contributed by atoms with van der Waals surface area (Å²) in [7, 11) is 1.58. The van der Waals surface area contributed by atoms with Gasteiger partial charge in [0.1, 0.15) is 11.5 Å². The van der Waals surface area contributed by atoms with Crippen molar-refractivity contribution >= 4 is 0 Å². The van der Waals surface area contributed by atoms with Crippen molar-refractivity contribution in [2.75, 3.05) is 20.3 Å². The molecule has 0 saturated carbocycles. The fraction of sp³-hybridized carbons (Fsp3) is 0.636. The van der Waals surface area contributed by atoms with Crippen molar-refractivity contribution in [2.24, 2.45) is 0 Å². The summed E-state index contributed by atoms with van der Waals surface area (Å²) in [6.07, 6.45) is -0.455. The zero-order valence-corrected chi connectivity index (χ0v) is 9.54. The molecule has 15 heavy (non-hydrogen) atoms. The molecule has 1 heterocycles. The third-order valence-electron chi connectivity index (χ3n) is 2.20. The van der Waals surface area contributed by atoms with Gasteiger partial charge in [-0.05, 0) is 19.9 Å². The van der Waals surface area contributed by atoms with Crippen molar-refractivity contribution in [3.05, 3.63) is 23.2 Å². The molecule has 0 aliphatic carbocycles. The Labute approximate surface area is 90.2 Å². The second-order valence-electron chi connectivity index (χ2n) is 3.68. The maximum absolute atomic E-state index is 9.39. The van der Waals surface area contributed by atoms with Crippen LogP contribution in [0.2, 0.25) is 0 Å². The van der Waals surface area contributed by atoms with Gasteiger partial charge < -0.3 is 19.6 Å². The number of ether oxygens (including phenoxy) is 1. The minimum absolute atomic E-state index is 0.358. The minimum Gasteiger partial charge on any atom is -0.466 e. The SMILES string of the molecule is COCC(O)CNCc1cc(C)oc1C. The van der Waals surface area contributed by atoms with Crippen LogP contribution in [0.1, 0.15) is 17.1 Å². The lowest BCUT2D eigenvalue weighted by molar-refractivity contribution is 0.0644. The summed E-state index contributed by atoms with van der Waals surface area (Å²) in [5, 5.41) is 12.5. The van der Waals surface area contributed by atoms with Gasteiger partial charge in [0.25, 0.3) is 0 Å². The molecule has 0 bridgehead atoms. The molecule has 0 spiro atoms. The topological polar surface area (TPSA) is 54.6 Å². The molecule has 0 radical (unpaired) electrons. The molecule has 2 N–H and O–H groups in total. The van der Waals surface area contributed by atoms with Crippen LogP contribution in [-0.2, 0) is 11.3 Å². The third-order valence-corrected chi connectivity index (χ3v) is 2.20. The Balaban J connectivity index is 2.28. The van der Waals surface area contributed by atoms with E-state index in [4.69, 9.17) is 9.15 Å². The van der Waals surface area contributed by atoms with Gasteiger partial charge in [0.2, 0.25) is 0 Å². The van der Waals surface area contributed by atoms with E-state index in [1.165, 1.54) is 0 Å². The third kappa shape index (κ3) is 4.03. The van der Waals surface area contributed by atoms with E-state index < -0.39 is 6.10 Å². The molecular formula is C11H19NO3. The van der Waals surface area contributed by atoms with Gasteiger partial charge in [0.15, 0.2) is 0 Å². The smallest absolute Gasteiger partial charge is 0.105 e. The number of hydrogen-bond donors (Lipinski definition) is 2. The van der Waals surface area contributed by atoms with Crippen LogP contribution in [0, 0.1) is 13.8 Å². The Morgan fingerprint density at radius 1 is 1.53 bits per heavy atom. The monoisotopic (exact) mass is 213 g/mol. The van der Waals surface area contributed by atoms with Crippen molar-refractivity contribution in [2.45, 2.75) is 26.5 Å². The van der Waals surface area contributed by atoms with Gasteiger partial charge in [-0.25, -0.2) is 0 Å². The van der Waals surface area contributed by atoms with E-state index in [-0.39, 0.29) is 0 Å². The molecule has 1 aromatic heterocycles. The second-order valence-corrected chi connectivity index (χ2v) is 3.68. The average molecular weight is 213 g/mol. The van der Waals surface area contributed by atoms with Gasteiger partial charge in [-0.2, -0.15) is 0 Å². The largest absolute Gasteiger partial charge is 0.466 e. The number of aliphatic hydroxyl groups is 1. The molecular weight excluding hydrogens is 194 g/mol. The summed E-state index contributed by atoms with van der Waals surface area (Å²) in [6, 6.07) is 2.00. The van der Waals surface area contributed by atoms with Crippen LogP contribution < -0.4 is 5.32 Å². The first kappa shape index (κ1) is 12.2. The maximum Gasteiger partial charge on any atom is 0.105 e. The number of aryl methyl sites for hydroxylation is 2. The van der Waals surface area contributed by atoms with Crippen molar-refractivity contribution in [3.63, 3.8) is 0 Å². The van der Waals surface area contributed by atoms with Crippen LogP contribution in [-0.4, -0.2) is 31.5 Å². The Morgan fingerprint density at radius 2 is 2.27 bits per heavy atom. The fourth-order valence-electron chi connectivity index (χ4n) is 1.48. The number of furan rings is 1. The maximum atomic E-state index is 9.39. The molecule has 0 aliphatic rings. The Kier molecular flexibility index (Phi) is 4.81. The number of methoxy groups -OCH3 is 1. The Morgan fingerprint density at radius 3 is 2.80 bits per heavy atom. The summed E-state index contributed by atoms with van der Waals surface area (Å²) in [6.45, 7) is 5.46. The number of hydrogen-bond acceptors (Lipinski definition) is 4. The Hall–Kier alpha value is -0.840. The predicted octanol–water partition coefficient (Wildman–Crippen LogP) is 0.993. The van der Waals surface area contributed by atoms with E-state index in [1.807, 2.05) is 19.9 Å². The van der Waals surface area contributed by atoms with Crippen LogP contribution in [0.3, 0.4) is 0 Å². The van der Waals surface area contributed by atoms with Gasteiger partial charge in [-0.3, -0.25) is 0 Å².